The summed E-state index contributed by atoms with van der Waals surface area (Å²) in [6.45, 7) is 2.40. The Morgan fingerprint density at radius 3 is 2.93 bits per heavy atom. The SMILES string of the molecule is O=c1ccc2ccc(OCCCNCC3COc4cc(O)ccc4O3)cc2o1. The molecule has 1 unspecified atom stereocenters. The summed E-state index contributed by atoms with van der Waals surface area (Å²) < 4.78 is 22.3. The number of benzene rings is 2. The van der Waals surface area contributed by atoms with Crippen molar-refractivity contribution in [1.29, 1.82) is 0 Å². The quantitative estimate of drug-likeness (QED) is 0.479. The summed E-state index contributed by atoms with van der Waals surface area (Å²) in [6, 6.07) is 13.4. The molecule has 2 N–H and O–H groups in total. The van der Waals surface area contributed by atoms with Crippen molar-refractivity contribution in [2.24, 2.45) is 0 Å². The summed E-state index contributed by atoms with van der Waals surface area (Å²) in [5.74, 6) is 2.04. The molecule has 1 aliphatic rings. The average Bonchev–Trinajstić information content (AvgIpc) is 2.70. The highest BCUT2D eigenvalue weighted by atomic mass is 16.6. The van der Waals surface area contributed by atoms with Crippen molar-refractivity contribution in [3.05, 3.63) is 59.0 Å². The van der Waals surface area contributed by atoms with Crippen LogP contribution in [0.3, 0.4) is 0 Å². The van der Waals surface area contributed by atoms with E-state index < -0.39 is 0 Å². The first-order valence-corrected chi connectivity index (χ1v) is 9.17. The van der Waals surface area contributed by atoms with Crippen LogP contribution >= 0.6 is 0 Å². The largest absolute Gasteiger partial charge is 0.508 e. The number of aromatic hydroxyl groups is 1. The van der Waals surface area contributed by atoms with Gasteiger partial charge in [-0.05, 0) is 43.3 Å². The van der Waals surface area contributed by atoms with Crippen LogP contribution in [0.25, 0.3) is 11.0 Å². The number of rotatable bonds is 7. The standard InChI is InChI=1S/C21H21NO6/c23-15-4-6-18-20(10-15)26-13-17(27-18)12-22-8-1-9-25-16-5-2-14-3-7-21(24)28-19(14)11-16/h2-7,10-11,17,22-23H,1,8-9,12-13H2. The summed E-state index contributed by atoms with van der Waals surface area (Å²) in [5, 5.41) is 13.6. The van der Waals surface area contributed by atoms with Crippen LogP contribution in [0.4, 0.5) is 0 Å². The molecule has 0 saturated carbocycles. The van der Waals surface area contributed by atoms with E-state index in [1.54, 1.807) is 30.3 Å². The highest BCUT2D eigenvalue weighted by Gasteiger charge is 2.20. The second-order valence-electron chi connectivity index (χ2n) is 6.54. The van der Waals surface area contributed by atoms with Crippen molar-refractivity contribution in [1.82, 2.24) is 5.32 Å². The first-order valence-electron chi connectivity index (χ1n) is 9.17. The third-order valence-corrected chi connectivity index (χ3v) is 4.38. The Labute approximate surface area is 161 Å². The van der Waals surface area contributed by atoms with Crippen LogP contribution in [0.1, 0.15) is 6.42 Å². The van der Waals surface area contributed by atoms with Gasteiger partial charge in [-0.2, -0.15) is 0 Å². The van der Waals surface area contributed by atoms with Gasteiger partial charge < -0.3 is 29.1 Å². The number of nitrogens with one attached hydrogen (secondary N) is 1. The van der Waals surface area contributed by atoms with E-state index in [1.165, 1.54) is 6.07 Å². The normalized spacial score (nSPS) is 15.5. The molecule has 2 heterocycles. The molecule has 146 valence electrons. The third-order valence-electron chi connectivity index (χ3n) is 4.38. The van der Waals surface area contributed by atoms with Crippen molar-refractivity contribution < 1.29 is 23.7 Å². The fourth-order valence-corrected chi connectivity index (χ4v) is 2.98. The lowest BCUT2D eigenvalue weighted by Gasteiger charge is -2.26. The second-order valence-corrected chi connectivity index (χ2v) is 6.54. The monoisotopic (exact) mass is 383 g/mol. The van der Waals surface area contributed by atoms with E-state index in [9.17, 15) is 9.90 Å². The lowest BCUT2D eigenvalue weighted by atomic mass is 10.2. The molecule has 1 atom stereocenters. The Bertz CT molecular complexity index is 1020. The lowest BCUT2D eigenvalue weighted by molar-refractivity contribution is 0.0899. The predicted octanol–water partition coefficient (Wildman–Crippen LogP) is 2.70. The number of fused-ring (bicyclic) bond motifs is 2. The molecule has 7 nitrogen and oxygen atoms in total. The van der Waals surface area contributed by atoms with Gasteiger partial charge in [0.1, 0.15) is 29.8 Å². The molecule has 0 fully saturated rings. The van der Waals surface area contributed by atoms with Crippen molar-refractivity contribution >= 4 is 11.0 Å². The van der Waals surface area contributed by atoms with Crippen LogP contribution in [-0.4, -0.2) is 37.5 Å². The van der Waals surface area contributed by atoms with Gasteiger partial charge in [0.2, 0.25) is 0 Å². The van der Waals surface area contributed by atoms with Crippen molar-refractivity contribution in [2.45, 2.75) is 12.5 Å². The number of phenols is 1. The molecular weight excluding hydrogens is 362 g/mol. The first kappa shape index (κ1) is 18.2. The number of hydrogen-bond donors (Lipinski definition) is 2. The molecule has 0 saturated heterocycles. The Balaban J connectivity index is 1.18. The highest BCUT2D eigenvalue weighted by molar-refractivity contribution is 5.77. The third kappa shape index (κ3) is 4.37. The molecule has 0 spiro atoms. The average molecular weight is 383 g/mol. The van der Waals surface area contributed by atoms with E-state index >= 15 is 0 Å². The summed E-state index contributed by atoms with van der Waals surface area (Å²) in [4.78, 5) is 11.3. The first-order chi connectivity index (χ1) is 13.7. The Morgan fingerprint density at radius 2 is 2.00 bits per heavy atom. The van der Waals surface area contributed by atoms with E-state index in [4.69, 9.17) is 18.6 Å². The maximum atomic E-state index is 11.3. The van der Waals surface area contributed by atoms with Gasteiger partial charge in [0.25, 0.3) is 0 Å². The van der Waals surface area contributed by atoms with Gasteiger partial charge in [0.15, 0.2) is 11.5 Å². The van der Waals surface area contributed by atoms with Gasteiger partial charge in [-0.3, -0.25) is 0 Å². The maximum absolute atomic E-state index is 11.3. The highest BCUT2D eigenvalue weighted by Crippen LogP contribution is 2.34. The van der Waals surface area contributed by atoms with Gasteiger partial charge in [0.05, 0.1) is 6.61 Å². The van der Waals surface area contributed by atoms with Gasteiger partial charge in [-0.1, -0.05) is 0 Å². The molecule has 1 aromatic heterocycles. The van der Waals surface area contributed by atoms with E-state index in [-0.39, 0.29) is 17.5 Å². The molecule has 0 radical (unpaired) electrons. The van der Waals surface area contributed by atoms with Gasteiger partial charge in [-0.15, -0.1) is 0 Å². The Hall–Kier alpha value is -3.19. The van der Waals surface area contributed by atoms with Gasteiger partial charge in [0, 0.05) is 30.1 Å². The van der Waals surface area contributed by atoms with Crippen molar-refractivity contribution in [2.75, 3.05) is 26.3 Å². The summed E-state index contributed by atoms with van der Waals surface area (Å²) in [6.07, 6.45) is 0.732. The Kier molecular flexibility index (Phi) is 5.34. The molecule has 7 heteroatoms. The molecule has 4 rings (SSSR count). The lowest BCUT2D eigenvalue weighted by Crippen LogP contribution is -2.39. The number of phenolic OH excluding ortho intramolecular Hbond substituents is 1. The molecule has 0 amide bonds. The molecule has 3 aromatic rings. The molecule has 2 aromatic carbocycles. The minimum Gasteiger partial charge on any atom is -0.508 e. The number of hydrogen-bond acceptors (Lipinski definition) is 7. The van der Waals surface area contributed by atoms with E-state index in [2.05, 4.69) is 5.32 Å². The van der Waals surface area contributed by atoms with Crippen molar-refractivity contribution in [3.8, 4) is 23.0 Å². The molecule has 1 aliphatic heterocycles. The topological polar surface area (TPSA) is 90.2 Å². The summed E-state index contributed by atoms with van der Waals surface area (Å²) in [7, 11) is 0. The zero-order chi connectivity index (χ0) is 19.3. The zero-order valence-corrected chi connectivity index (χ0v) is 15.2. The predicted molar refractivity (Wildman–Crippen MR) is 103 cm³/mol. The van der Waals surface area contributed by atoms with E-state index in [1.807, 2.05) is 12.1 Å². The minimum absolute atomic E-state index is 0.0821. The van der Waals surface area contributed by atoms with Crippen LogP contribution in [0.15, 0.2) is 57.7 Å². The fourth-order valence-electron chi connectivity index (χ4n) is 2.98. The fraction of sp³-hybridized carbons (Fsp3) is 0.286. The molecule has 0 aliphatic carbocycles. The molecule has 28 heavy (non-hydrogen) atoms. The Morgan fingerprint density at radius 1 is 1.11 bits per heavy atom. The van der Waals surface area contributed by atoms with Gasteiger partial charge in [-0.25, -0.2) is 4.79 Å². The summed E-state index contributed by atoms with van der Waals surface area (Å²) >= 11 is 0. The van der Waals surface area contributed by atoms with Crippen LogP contribution in [-0.2, 0) is 0 Å². The van der Waals surface area contributed by atoms with Crippen LogP contribution < -0.4 is 25.2 Å². The van der Waals surface area contributed by atoms with Crippen LogP contribution in [0, 0.1) is 0 Å². The molecular formula is C21H21NO6. The van der Waals surface area contributed by atoms with Crippen LogP contribution in [0.2, 0.25) is 0 Å². The second kappa shape index (κ2) is 8.22. The summed E-state index contributed by atoms with van der Waals surface area (Å²) in [5.41, 5.74) is 0.147. The number of ether oxygens (including phenoxy) is 3. The minimum atomic E-state index is -0.373. The zero-order valence-electron chi connectivity index (χ0n) is 15.2. The van der Waals surface area contributed by atoms with Crippen LogP contribution in [0.5, 0.6) is 23.0 Å². The smallest absolute Gasteiger partial charge is 0.336 e. The van der Waals surface area contributed by atoms with Gasteiger partial charge >= 0.3 is 5.63 Å². The van der Waals surface area contributed by atoms with E-state index in [0.717, 1.165) is 18.4 Å². The van der Waals surface area contributed by atoms with E-state index in [0.29, 0.717) is 42.6 Å². The van der Waals surface area contributed by atoms with Crippen molar-refractivity contribution in [3.63, 3.8) is 0 Å². The molecule has 0 bridgehead atoms. The maximum Gasteiger partial charge on any atom is 0.336 e.